The van der Waals surface area contributed by atoms with Crippen LogP contribution in [-0.2, 0) is 36.9 Å². The fraction of sp³-hybridized carbons (Fsp3) is 0.438. The van der Waals surface area contributed by atoms with E-state index in [2.05, 4.69) is 20.9 Å². The Hall–Kier alpha value is -4.01. The van der Waals surface area contributed by atoms with Crippen LogP contribution in [0.5, 0.6) is 0 Å². The molecule has 5 N–H and O–H groups in total. The third-order valence-electron chi connectivity index (χ3n) is 6.64. The minimum atomic E-state index is -3.31. The van der Waals surface area contributed by atoms with Crippen LogP contribution in [0.4, 0.5) is 14.7 Å². The van der Waals surface area contributed by atoms with Gasteiger partial charge in [-0.3, -0.25) is 4.79 Å². The monoisotopic (exact) mass is 673 g/mol. The highest BCUT2D eigenvalue weighted by molar-refractivity contribution is 7.90. The normalized spacial score (nSPS) is 13.4. The summed E-state index contributed by atoms with van der Waals surface area (Å²) in [6.07, 6.45) is 0.265. The molecule has 12 nitrogen and oxygen atoms in total. The molecule has 1 unspecified atom stereocenters. The largest absolute Gasteiger partial charge is 0.411 e. The van der Waals surface area contributed by atoms with Gasteiger partial charge in [0.1, 0.15) is 0 Å². The number of nitrogens with zero attached hydrogens (tertiary/aromatic N) is 1. The van der Waals surface area contributed by atoms with E-state index in [1.165, 1.54) is 24.5 Å². The topological polar surface area (TPSA) is 179 Å². The highest BCUT2D eigenvalue weighted by Gasteiger charge is 2.50. The fourth-order valence-electron chi connectivity index (χ4n) is 4.41. The second-order valence-electron chi connectivity index (χ2n) is 13.0. The van der Waals surface area contributed by atoms with Gasteiger partial charge in [0, 0.05) is 42.1 Å². The lowest BCUT2D eigenvalue weighted by atomic mass is 9.90. The Morgan fingerprint density at radius 1 is 0.913 bits per heavy atom. The first-order valence-corrected chi connectivity index (χ1v) is 17.3. The molecule has 14 heteroatoms. The second-order valence-corrected chi connectivity index (χ2v) is 16.1. The van der Waals surface area contributed by atoms with Gasteiger partial charge in [-0.15, -0.1) is 11.3 Å². The first-order chi connectivity index (χ1) is 21.2. The number of thiazole rings is 1. The molecule has 0 saturated heterocycles. The first kappa shape index (κ1) is 36.5. The second kappa shape index (κ2) is 14.2. The van der Waals surface area contributed by atoms with Crippen molar-refractivity contribution in [1.29, 1.82) is 0 Å². The average Bonchev–Trinajstić information content (AvgIpc) is 3.27. The van der Waals surface area contributed by atoms with Crippen molar-refractivity contribution in [3.8, 4) is 11.3 Å². The zero-order chi connectivity index (χ0) is 34.5. The van der Waals surface area contributed by atoms with E-state index in [0.29, 0.717) is 23.7 Å². The number of hydrogen-bond donors (Lipinski definition) is 4. The number of sulfone groups is 1. The Bertz CT molecular complexity index is 1660. The number of benzene rings is 2. The minimum Gasteiger partial charge on any atom is -0.392 e. The van der Waals surface area contributed by atoms with E-state index in [4.69, 9.17) is 15.2 Å². The molecular formula is C32H43N5O7S2. The standard InChI is InChI=1S/C32H43N5O7S2/c1-20(38)35-28-36-26(25(45-28)19-22-11-15-24(16-12-22)46(8,41)42)23-13-9-21(10-14-23)17-18-34-32(30(2,3)4,43-27(33)39)44-29(40)37-31(5,6)7/h9-16,34H,17-19H2,1-8H3,(H2,33,39)(H,37,40)(H,35,36,38). The van der Waals surface area contributed by atoms with Crippen molar-refractivity contribution >= 4 is 44.4 Å². The van der Waals surface area contributed by atoms with Gasteiger partial charge in [0.05, 0.1) is 16.0 Å². The van der Waals surface area contributed by atoms with Gasteiger partial charge in [0.25, 0.3) is 0 Å². The SMILES string of the molecule is CC(=O)Nc1nc(-c2ccc(CCNC(OC(N)=O)(OC(=O)NC(C)(C)C)C(C)(C)C)cc2)c(Cc2ccc(S(C)(=O)=O)cc2)s1. The maximum Gasteiger partial charge on any atom is 0.411 e. The Kier molecular flexibility index (Phi) is 11.2. The van der Waals surface area contributed by atoms with Gasteiger partial charge < -0.3 is 25.8 Å². The Morgan fingerprint density at radius 3 is 2.00 bits per heavy atom. The van der Waals surface area contributed by atoms with Crippen LogP contribution in [0.15, 0.2) is 53.4 Å². The number of nitrogens with one attached hydrogen (secondary N) is 3. The maximum absolute atomic E-state index is 12.7. The quantitative estimate of drug-likeness (QED) is 0.199. The number of nitrogens with two attached hydrogens (primary N) is 1. The summed E-state index contributed by atoms with van der Waals surface area (Å²) in [5.74, 6) is -2.08. The molecule has 3 aromatic rings. The lowest BCUT2D eigenvalue weighted by Gasteiger charge is -2.42. The molecule has 0 aliphatic heterocycles. The predicted octanol–water partition coefficient (Wildman–Crippen LogP) is 5.21. The molecule has 1 atom stereocenters. The number of amides is 3. The molecule has 0 aliphatic rings. The summed E-state index contributed by atoms with van der Waals surface area (Å²) >= 11 is 1.35. The van der Waals surface area contributed by atoms with Crippen LogP contribution in [0.1, 0.15) is 64.5 Å². The molecule has 0 fully saturated rings. The highest BCUT2D eigenvalue weighted by Crippen LogP contribution is 2.35. The summed E-state index contributed by atoms with van der Waals surface area (Å²) in [6.45, 7) is 12.3. The van der Waals surface area contributed by atoms with E-state index >= 15 is 0 Å². The van der Waals surface area contributed by atoms with Crippen LogP contribution in [-0.4, -0.2) is 55.7 Å². The molecule has 0 aliphatic carbocycles. The van der Waals surface area contributed by atoms with Crippen molar-refractivity contribution in [2.75, 3.05) is 18.1 Å². The maximum atomic E-state index is 12.7. The van der Waals surface area contributed by atoms with Crippen LogP contribution in [0.2, 0.25) is 0 Å². The highest BCUT2D eigenvalue weighted by atomic mass is 32.2. The number of anilines is 1. The van der Waals surface area contributed by atoms with E-state index in [1.54, 1.807) is 65.8 Å². The van der Waals surface area contributed by atoms with Gasteiger partial charge in [-0.1, -0.05) is 57.2 Å². The predicted molar refractivity (Wildman–Crippen MR) is 178 cm³/mol. The van der Waals surface area contributed by atoms with Crippen molar-refractivity contribution in [2.24, 2.45) is 11.1 Å². The fourth-order valence-corrected chi connectivity index (χ4v) is 6.10. The van der Waals surface area contributed by atoms with Gasteiger partial charge in [0.2, 0.25) is 5.91 Å². The summed E-state index contributed by atoms with van der Waals surface area (Å²) < 4.78 is 34.8. The number of ether oxygens (including phenoxy) is 2. The Labute approximate surface area is 274 Å². The number of alkyl carbamates (subject to hydrolysis) is 1. The van der Waals surface area contributed by atoms with E-state index in [9.17, 15) is 22.8 Å². The van der Waals surface area contributed by atoms with Crippen molar-refractivity contribution < 1.29 is 32.3 Å². The third-order valence-corrected chi connectivity index (χ3v) is 8.74. The van der Waals surface area contributed by atoms with Crippen molar-refractivity contribution in [1.82, 2.24) is 15.6 Å². The van der Waals surface area contributed by atoms with Crippen LogP contribution < -0.4 is 21.7 Å². The number of rotatable bonds is 11. The molecular weight excluding hydrogens is 631 g/mol. The van der Waals surface area contributed by atoms with E-state index < -0.39 is 38.9 Å². The molecule has 0 saturated carbocycles. The molecule has 2 aromatic carbocycles. The van der Waals surface area contributed by atoms with Crippen LogP contribution in [0.3, 0.4) is 0 Å². The minimum absolute atomic E-state index is 0.237. The molecule has 250 valence electrons. The number of carbonyl (C=O) groups excluding carboxylic acids is 3. The zero-order valence-corrected chi connectivity index (χ0v) is 29.1. The van der Waals surface area contributed by atoms with E-state index in [-0.39, 0.29) is 17.3 Å². The van der Waals surface area contributed by atoms with Crippen LogP contribution >= 0.6 is 11.3 Å². The molecule has 3 rings (SSSR count). The van der Waals surface area contributed by atoms with E-state index in [0.717, 1.165) is 21.6 Å². The van der Waals surface area contributed by atoms with Crippen molar-refractivity contribution in [3.63, 3.8) is 0 Å². The number of carbonyl (C=O) groups is 3. The van der Waals surface area contributed by atoms with E-state index in [1.807, 2.05) is 24.3 Å². The molecule has 0 radical (unpaired) electrons. The van der Waals surface area contributed by atoms with Gasteiger partial charge in [-0.25, -0.2) is 28.3 Å². The molecule has 1 heterocycles. The van der Waals surface area contributed by atoms with Gasteiger partial charge in [0.15, 0.2) is 15.0 Å². The molecule has 0 spiro atoms. The lowest BCUT2D eigenvalue weighted by molar-refractivity contribution is -0.243. The molecule has 1 aromatic heterocycles. The van der Waals surface area contributed by atoms with Gasteiger partial charge in [-0.05, 0) is 50.5 Å². The van der Waals surface area contributed by atoms with Crippen LogP contribution in [0, 0.1) is 5.41 Å². The average molecular weight is 674 g/mol. The van der Waals surface area contributed by atoms with Crippen LogP contribution in [0.25, 0.3) is 11.3 Å². The lowest BCUT2D eigenvalue weighted by Crippen LogP contribution is -2.63. The summed E-state index contributed by atoms with van der Waals surface area (Å²) in [5, 5.41) is 9.01. The zero-order valence-electron chi connectivity index (χ0n) is 27.4. The number of aromatic nitrogens is 1. The van der Waals surface area contributed by atoms with Gasteiger partial charge in [-0.2, -0.15) is 0 Å². The first-order valence-electron chi connectivity index (χ1n) is 14.6. The molecule has 46 heavy (non-hydrogen) atoms. The summed E-state index contributed by atoms with van der Waals surface area (Å²) in [5.41, 5.74) is 7.27. The summed E-state index contributed by atoms with van der Waals surface area (Å²) in [4.78, 5) is 42.1. The number of hydrogen-bond acceptors (Lipinski definition) is 10. The Morgan fingerprint density at radius 2 is 1.50 bits per heavy atom. The number of primary amides is 1. The molecule has 3 amide bonds. The smallest absolute Gasteiger partial charge is 0.392 e. The van der Waals surface area contributed by atoms with Crippen molar-refractivity contribution in [2.45, 2.75) is 77.7 Å². The van der Waals surface area contributed by atoms with Gasteiger partial charge >= 0.3 is 18.1 Å². The summed E-state index contributed by atoms with van der Waals surface area (Å²) in [7, 11) is -3.31. The molecule has 0 bridgehead atoms. The third kappa shape index (κ3) is 10.3. The Balaban J connectivity index is 1.81. The summed E-state index contributed by atoms with van der Waals surface area (Å²) in [6, 6.07) is 14.4. The van der Waals surface area contributed by atoms with Crippen molar-refractivity contribution in [3.05, 3.63) is 64.5 Å².